The highest BCUT2D eigenvalue weighted by Crippen LogP contribution is 2.35. The quantitative estimate of drug-likeness (QED) is 0.299. The predicted molar refractivity (Wildman–Crippen MR) is 124 cm³/mol. The summed E-state index contributed by atoms with van der Waals surface area (Å²) in [6.45, 7) is 0.803. The van der Waals surface area contributed by atoms with E-state index in [1.807, 2.05) is 4.72 Å². The number of fused-ring (bicyclic) bond motifs is 1. The molecule has 0 radical (unpaired) electrons. The Hall–Kier alpha value is -3.85. The fourth-order valence-electron chi connectivity index (χ4n) is 3.98. The average Bonchev–Trinajstić information content (AvgIpc) is 3.28. The largest absolute Gasteiger partial charge is 0.416 e. The Morgan fingerprint density at radius 1 is 1.13 bits per heavy atom. The lowest BCUT2D eigenvalue weighted by Crippen LogP contribution is -2.40. The number of ether oxygens (including phenoxy) is 1. The molecule has 0 amide bonds. The van der Waals surface area contributed by atoms with Crippen LogP contribution in [0.2, 0.25) is 0 Å². The second-order valence-corrected chi connectivity index (χ2v) is 10.2. The molecule has 1 aromatic carbocycles. The lowest BCUT2D eigenvalue weighted by molar-refractivity contribution is -0.137. The number of benzene rings is 1. The number of hydrogen-bond acceptors (Lipinski definition) is 7. The van der Waals surface area contributed by atoms with Crippen molar-refractivity contribution in [2.45, 2.75) is 29.7 Å². The molecule has 1 saturated heterocycles. The van der Waals surface area contributed by atoms with Gasteiger partial charge in [-0.3, -0.25) is 9.52 Å². The smallest absolute Gasteiger partial charge is 0.377 e. The molecular weight excluding hydrogens is 537 g/mol. The van der Waals surface area contributed by atoms with E-state index in [-0.39, 0.29) is 28.5 Å². The molecule has 3 N–H and O–H groups in total. The van der Waals surface area contributed by atoms with E-state index >= 15 is 4.39 Å². The molecule has 3 aromatic rings. The fourth-order valence-corrected chi connectivity index (χ4v) is 5.05. The normalized spacial score (nSPS) is 18.8. The van der Waals surface area contributed by atoms with Crippen molar-refractivity contribution in [3.05, 3.63) is 71.1 Å². The van der Waals surface area contributed by atoms with Gasteiger partial charge in [0.25, 0.3) is 10.0 Å². The number of carbonyl (C=O) groups excluding carboxylic acids is 1. The Morgan fingerprint density at radius 3 is 2.47 bits per heavy atom. The SMILES string of the molecule is O=C(C1=C(F)C(NS(=O)(=O)c2ccc(C(F)(F)F)cc2)=CCC1F)c1c[nH]c2ncnc(NC3COC3)c12. The van der Waals surface area contributed by atoms with E-state index in [1.165, 1.54) is 12.5 Å². The fraction of sp³-hybridized carbons (Fsp3) is 0.261. The van der Waals surface area contributed by atoms with E-state index in [9.17, 15) is 30.8 Å². The van der Waals surface area contributed by atoms with Crippen LogP contribution < -0.4 is 10.0 Å². The van der Waals surface area contributed by atoms with Crippen LogP contribution in [0.15, 0.2) is 64.9 Å². The minimum atomic E-state index is -4.68. The number of rotatable bonds is 7. The number of hydrogen-bond donors (Lipinski definition) is 3. The van der Waals surface area contributed by atoms with Crippen LogP contribution in [0.25, 0.3) is 11.0 Å². The van der Waals surface area contributed by atoms with Crippen LogP contribution in [0.4, 0.5) is 27.8 Å². The van der Waals surface area contributed by atoms with Crippen molar-refractivity contribution in [3.8, 4) is 0 Å². The van der Waals surface area contributed by atoms with E-state index in [0.717, 1.165) is 6.08 Å². The highest BCUT2D eigenvalue weighted by molar-refractivity contribution is 7.89. The van der Waals surface area contributed by atoms with E-state index in [2.05, 4.69) is 20.3 Å². The second kappa shape index (κ2) is 9.47. The first-order valence-electron chi connectivity index (χ1n) is 11.1. The number of anilines is 1. The first kappa shape index (κ1) is 25.8. The zero-order chi connectivity index (χ0) is 27.2. The molecule has 200 valence electrons. The summed E-state index contributed by atoms with van der Waals surface area (Å²) >= 11 is 0. The van der Waals surface area contributed by atoms with Gasteiger partial charge in [-0.1, -0.05) is 6.08 Å². The number of H-pyrrole nitrogens is 1. The molecule has 1 unspecified atom stereocenters. The lowest BCUT2D eigenvalue weighted by atomic mass is 9.93. The number of aromatic nitrogens is 3. The third-order valence-corrected chi connectivity index (χ3v) is 7.37. The van der Waals surface area contributed by atoms with Crippen LogP contribution >= 0.6 is 0 Å². The minimum absolute atomic E-state index is 0.0837. The van der Waals surface area contributed by atoms with E-state index in [4.69, 9.17) is 4.74 Å². The zero-order valence-electron chi connectivity index (χ0n) is 19.1. The minimum Gasteiger partial charge on any atom is -0.377 e. The number of aromatic amines is 1. The number of Topliss-reactive ketones (excluding diaryl/α,β-unsaturated/α-hetero) is 1. The van der Waals surface area contributed by atoms with Gasteiger partial charge in [0.05, 0.1) is 51.9 Å². The monoisotopic (exact) mass is 555 g/mol. The molecule has 0 spiro atoms. The van der Waals surface area contributed by atoms with Gasteiger partial charge in [-0.15, -0.1) is 0 Å². The average molecular weight is 555 g/mol. The molecule has 1 aliphatic heterocycles. The first-order chi connectivity index (χ1) is 18.0. The van der Waals surface area contributed by atoms with Gasteiger partial charge in [0, 0.05) is 12.6 Å². The maximum absolute atomic E-state index is 15.4. The van der Waals surface area contributed by atoms with Crippen molar-refractivity contribution in [2.75, 3.05) is 18.5 Å². The summed E-state index contributed by atoms with van der Waals surface area (Å²) in [5.41, 5.74) is -2.60. The van der Waals surface area contributed by atoms with Crippen LogP contribution in [0.5, 0.6) is 0 Å². The number of allylic oxidation sites excluding steroid dienone is 3. The van der Waals surface area contributed by atoms with Crippen LogP contribution in [0.3, 0.4) is 0 Å². The number of ketones is 1. The molecule has 0 saturated carbocycles. The van der Waals surface area contributed by atoms with Gasteiger partial charge in [0.2, 0.25) is 0 Å². The van der Waals surface area contributed by atoms with Crippen molar-refractivity contribution in [3.63, 3.8) is 0 Å². The van der Waals surface area contributed by atoms with E-state index < -0.39 is 62.1 Å². The van der Waals surface area contributed by atoms with Gasteiger partial charge >= 0.3 is 6.18 Å². The number of alkyl halides is 4. The zero-order valence-corrected chi connectivity index (χ0v) is 20.0. The van der Waals surface area contributed by atoms with Crippen molar-refractivity contribution >= 4 is 32.7 Å². The van der Waals surface area contributed by atoms with Crippen molar-refractivity contribution < 1.29 is 39.9 Å². The van der Waals surface area contributed by atoms with Crippen LogP contribution in [-0.4, -0.2) is 54.6 Å². The first-order valence-corrected chi connectivity index (χ1v) is 12.6. The third-order valence-electron chi connectivity index (χ3n) is 5.99. The molecule has 3 heterocycles. The van der Waals surface area contributed by atoms with Gasteiger partial charge < -0.3 is 15.0 Å². The van der Waals surface area contributed by atoms with Gasteiger partial charge in [-0.2, -0.15) is 13.2 Å². The molecule has 1 atom stereocenters. The highest BCUT2D eigenvalue weighted by Gasteiger charge is 2.35. The molecule has 1 fully saturated rings. The Bertz CT molecular complexity index is 1580. The van der Waals surface area contributed by atoms with E-state index in [0.29, 0.717) is 37.5 Å². The molecule has 1 aliphatic carbocycles. The van der Waals surface area contributed by atoms with Gasteiger partial charge in [0.1, 0.15) is 24.0 Å². The molecule has 9 nitrogen and oxygen atoms in total. The molecule has 15 heteroatoms. The van der Waals surface area contributed by atoms with Crippen molar-refractivity contribution in [2.24, 2.45) is 0 Å². The molecule has 2 aromatic heterocycles. The third kappa shape index (κ3) is 4.74. The summed E-state index contributed by atoms with van der Waals surface area (Å²) in [7, 11) is -4.57. The standard InChI is InChI=1S/C23H18F5N5O4S/c24-15-5-6-16(33-38(35,36)13-3-1-11(2-4-13)23(26,27)28)19(25)18(15)20(34)14-7-29-21-17(14)22(31-10-30-21)32-12-8-37-9-12/h1-4,6-7,10,12,15,33H,5,8-9H2,(H2,29,30,31,32). The number of sulfonamides is 1. The Labute approximate surface area is 211 Å². The highest BCUT2D eigenvalue weighted by atomic mass is 32.2. The predicted octanol–water partition coefficient (Wildman–Crippen LogP) is 3.80. The molecular formula is C23H18F5N5O4S. The Kier molecular flexibility index (Phi) is 6.43. The lowest BCUT2D eigenvalue weighted by Gasteiger charge is -2.27. The summed E-state index contributed by atoms with van der Waals surface area (Å²) in [5, 5.41) is 3.27. The number of carbonyl (C=O) groups is 1. The van der Waals surface area contributed by atoms with Crippen LogP contribution in [0, 0.1) is 0 Å². The van der Waals surface area contributed by atoms with Crippen LogP contribution in [-0.2, 0) is 20.9 Å². The van der Waals surface area contributed by atoms with Gasteiger partial charge in [0.15, 0.2) is 11.6 Å². The molecule has 5 rings (SSSR count). The summed E-state index contributed by atoms with van der Waals surface area (Å²) in [4.78, 5) is 23.7. The Morgan fingerprint density at radius 2 is 1.84 bits per heavy atom. The van der Waals surface area contributed by atoms with Crippen LogP contribution in [0.1, 0.15) is 22.3 Å². The molecule has 38 heavy (non-hydrogen) atoms. The number of halogens is 5. The molecule has 2 aliphatic rings. The topological polar surface area (TPSA) is 126 Å². The summed E-state index contributed by atoms with van der Waals surface area (Å²) in [5.74, 6) is -2.25. The van der Waals surface area contributed by atoms with Crippen molar-refractivity contribution in [1.29, 1.82) is 0 Å². The van der Waals surface area contributed by atoms with Gasteiger partial charge in [-0.05, 0) is 24.3 Å². The van der Waals surface area contributed by atoms with E-state index in [1.54, 1.807) is 0 Å². The Balaban J connectivity index is 1.46. The number of nitrogens with one attached hydrogen (secondary N) is 3. The summed E-state index contributed by atoms with van der Waals surface area (Å²) in [6, 6.07) is 2.44. The second-order valence-electron chi connectivity index (χ2n) is 8.53. The van der Waals surface area contributed by atoms with Gasteiger partial charge in [-0.25, -0.2) is 27.2 Å². The number of nitrogens with zero attached hydrogens (tertiary/aromatic N) is 2. The molecule has 0 bridgehead atoms. The summed E-state index contributed by atoms with van der Waals surface area (Å²) < 4.78 is 101. The van der Waals surface area contributed by atoms with Crippen molar-refractivity contribution in [1.82, 2.24) is 19.7 Å². The maximum atomic E-state index is 15.4. The maximum Gasteiger partial charge on any atom is 0.416 e. The summed E-state index contributed by atoms with van der Waals surface area (Å²) in [6.07, 6.45) is -3.92.